The summed E-state index contributed by atoms with van der Waals surface area (Å²) in [6.07, 6.45) is 5.36. The van der Waals surface area contributed by atoms with Crippen LogP contribution < -0.4 is 29.1 Å². The number of aryl methyl sites for hydroxylation is 1. The van der Waals surface area contributed by atoms with Gasteiger partial charge < -0.3 is 14.2 Å². The van der Waals surface area contributed by atoms with Crippen molar-refractivity contribution in [2.24, 2.45) is 4.99 Å². The maximum Gasteiger partial charge on any atom is 0.271 e. The Balaban J connectivity index is 1.53. The van der Waals surface area contributed by atoms with Gasteiger partial charge in [0.2, 0.25) is 0 Å². The Kier molecular flexibility index (Phi) is 6.67. The minimum atomic E-state index is -0.291. The van der Waals surface area contributed by atoms with Crippen molar-refractivity contribution in [2.75, 3.05) is 20.8 Å². The molecule has 7 heteroatoms. The predicted molar refractivity (Wildman–Crippen MR) is 154 cm³/mol. The molecule has 0 N–H and O–H groups in total. The Hall–Kier alpha value is -4.36. The average molecular weight is 537 g/mol. The van der Waals surface area contributed by atoms with E-state index in [1.54, 1.807) is 20.3 Å². The van der Waals surface area contributed by atoms with E-state index in [0.29, 0.717) is 27.4 Å². The zero-order valence-corrected chi connectivity index (χ0v) is 22.7. The van der Waals surface area contributed by atoms with Crippen LogP contribution in [-0.2, 0) is 6.42 Å². The highest BCUT2D eigenvalue weighted by molar-refractivity contribution is 7.07. The number of thiazole rings is 1. The van der Waals surface area contributed by atoms with Crippen LogP contribution in [0.25, 0.3) is 11.8 Å². The van der Waals surface area contributed by atoms with Crippen molar-refractivity contribution < 1.29 is 14.2 Å². The molecule has 0 unspecified atom stereocenters. The molecule has 1 aliphatic carbocycles. The molecule has 0 radical (unpaired) electrons. The van der Waals surface area contributed by atoms with Crippen LogP contribution >= 0.6 is 11.3 Å². The highest BCUT2D eigenvalue weighted by atomic mass is 32.1. The van der Waals surface area contributed by atoms with Gasteiger partial charge in [-0.2, -0.15) is 0 Å². The van der Waals surface area contributed by atoms with Gasteiger partial charge in [-0.1, -0.05) is 66.5 Å². The Morgan fingerprint density at radius 2 is 1.82 bits per heavy atom. The van der Waals surface area contributed by atoms with E-state index >= 15 is 0 Å². The van der Waals surface area contributed by atoms with Gasteiger partial charge in [0.25, 0.3) is 5.56 Å². The summed E-state index contributed by atoms with van der Waals surface area (Å²) in [5.41, 5.74) is 6.35. The molecule has 0 amide bonds. The molecule has 0 spiro atoms. The maximum absolute atomic E-state index is 14.0. The number of benzene rings is 3. The predicted octanol–water partition coefficient (Wildman–Crippen LogP) is 4.90. The van der Waals surface area contributed by atoms with Crippen molar-refractivity contribution >= 4 is 23.1 Å². The molecule has 1 aliphatic heterocycles. The van der Waals surface area contributed by atoms with Gasteiger partial charge in [0.05, 0.1) is 30.5 Å². The molecule has 6 nitrogen and oxygen atoms in total. The average Bonchev–Trinajstić information content (AvgIpc) is 3.29. The number of nitrogens with zero attached hydrogens (tertiary/aromatic N) is 2. The summed E-state index contributed by atoms with van der Waals surface area (Å²) >= 11 is 1.41. The third kappa shape index (κ3) is 4.49. The van der Waals surface area contributed by atoms with Crippen molar-refractivity contribution in [3.05, 3.63) is 127 Å². The van der Waals surface area contributed by atoms with Crippen molar-refractivity contribution in [3.8, 4) is 17.2 Å². The van der Waals surface area contributed by atoms with E-state index in [0.717, 1.165) is 46.6 Å². The lowest BCUT2D eigenvalue weighted by Gasteiger charge is -2.31. The lowest BCUT2D eigenvalue weighted by atomic mass is 9.83. The minimum Gasteiger partial charge on any atom is -0.493 e. The quantitative estimate of drug-likeness (QED) is 0.315. The molecule has 1 atom stereocenters. The number of fused-ring (bicyclic) bond motifs is 3. The molecular weight excluding hydrogens is 508 g/mol. The monoisotopic (exact) mass is 536 g/mol. The second-order valence-electron chi connectivity index (χ2n) is 9.40. The lowest BCUT2D eigenvalue weighted by Crippen LogP contribution is -2.38. The SMILES string of the molecule is C=CCOc1ccc(/C=c2\sc3n(c2=O)[C@@H](c2ccc(OC)c(OC)c2)C2=C(N=3)c3ccccc3CC2)cc1. The van der Waals surface area contributed by atoms with Crippen molar-refractivity contribution in [1.29, 1.82) is 0 Å². The van der Waals surface area contributed by atoms with Crippen LogP contribution in [0.4, 0.5) is 0 Å². The second kappa shape index (κ2) is 10.4. The topological polar surface area (TPSA) is 62.0 Å². The van der Waals surface area contributed by atoms with Crippen LogP contribution in [0, 0.1) is 0 Å². The summed E-state index contributed by atoms with van der Waals surface area (Å²) in [5.74, 6) is 2.04. The van der Waals surface area contributed by atoms with Gasteiger partial charge in [0.15, 0.2) is 16.3 Å². The molecule has 3 aromatic carbocycles. The van der Waals surface area contributed by atoms with E-state index in [2.05, 4.69) is 24.8 Å². The molecule has 0 bridgehead atoms. The Morgan fingerprint density at radius 1 is 1.03 bits per heavy atom. The lowest BCUT2D eigenvalue weighted by molar-refractivity contribution is 0.354. The zero-order valence-electron chi connectivity index (χ0n) is 21.8. The van der Waals surface area contributed by atoms with Gasteiger partial charge in [0.1, 0.15) is 12.4 Å². The fourth-order valence-corrected chi connectivity index (χ4v) is 6.31. The summed E-state index contributed by atoms with van der Waals surface area (Å²) in [7, 11) is 3.25. The molecule has 0 saturated heterocycles. The van der Waals surface area contributed by atoms with Gasteiger partial charge in [-0.05, 0) is 65.4 Å². The molecule has 0 fully saturated rings. The highest BCUT2D eigenvalue weighted by Gasteiger charge is 2.33. The Morgan fingerprint density at radius 3 is 2.59 bits per heavy atom. The molecule has 196 valence electrons. The normalized spacial score (nSPS) is 16.1. The van der Waals surface area contributed by atoms with E-state index in [9.17, 15) is 4.79 Å². The first-order valence-electron chi connectivity index (χ1n) is 12.8. The number of aromatic nitrogens is 1. The van der Waals surface area contributed by atoms with E-state index in [4.69, 9.17) is 19.2 Å². The first-order valence-corrected chi connectivity index (χ1v) is 13.6. The van der Waals surface area contributed by atoms with Crippen LogP contribution in [0.5, 0.6) is 17.2 Å². The van der Waals surface area contributed by atoms with Gasteiger partial charge in [-0.15, -0.1) is 0 Å². The van der Waals surface area contributed by atoms with Crippen molar-refractivity contribution in [3.63, 3.8) is 0 Å². The van der Waals surface area contributed by atoms with Crippen LogP contribution in [-0.4, -0.2) is 25.4 Å². The fourth-order valence-electron chi connectivity index (χ4n) is 5.31. The van der Waals surface area contributed by atoms with Crippen molar-refractivity contribution in [1.82, 2.24) is 4.57 Å². The third-order valence-corrected chi connectivity index (χ3v) is 8.12. The van der Waals surface area contributed by atoms with Crippen LogP contribution in [0.15, 0.2) is 94.7 Å². The van der Waals surface area contributed by atoms with E-state index in [1.807, 2.05) is 59.2 Å². The fraction of sp³-hybridized carbons (Fsp3) is 0.188. The number of rotatable bonds is 7. The zero-order chi connectivity index (χ0) is 26.9. The third-order valence-electron chi connectivity index (χ3n) is 7.14. The second-order valence-corrected chi connectivity index (χ2v) is 10.4. The smallest absolute Gasteiger partial charge is 0.271 e. The van der Waals surface area contributed by atoms with Gasteiger partial charge >= 0.3 is 0 Å². The maximum atomic E-state index is 14.0. The summed E-state index contributed by atoms with van der Waals surface area (Å²) in [4.78, 5) is 19.8. The summed E-state index contributed by atoms with van der Waals surface area (Å²) in [6, 6.07) is 21.7. The standard InChI is InChI=1S/C32H28N2O4S/c1-4-17-38-23-13-9-20(10-14-23)18-28-31(35)34-30(22-12-16-26(36-2)27(19-22)37-3)25-15-11-21-7-5-6-8-24(21)29(25)33-32(34)39-28/h4-10,12-14,16,18-19,30H,1,11,15,17H2,2-3H3/b28-18-/t30-/m0/s1. The highest BCUT2D eigenvalue weighted by Crippen LogP contribution is 2.42. The van der Waals surface area contributed by atoms with E-state index in [-0.39, 0.29) is 11.6 Å². The van der Waals surface area contributed by atoms with Crippen LogP contribution in [0.1, 0.15) is 34.7 Å². The van der Waals surface area contributed by atoms with Gasteiger partial charge in [-0.3, -0.25) is 9.36 Å². The van der Waals surface area contributed by atoms with Gasteiger partial charge in [0, 0.05) is 5.56 Å². The molecule has 0 saturated carbocycles. The summed E-state index contributed by atoms with van der Waals surface area (Å²) in [5, 5.41) is 0. The van der Waals surface area contributed by atoms with Crippen molar-refractivity contribution in [2.45, 2.75) is 18.9 Å². The van der Waals surface area contributed by atoms with Gasteiger partial charge in [-0.25, -0.2) is 4.99 Å². The van der Waals surface area contributed by atoms with Crippen LogP contribution in [0.2, 0.25) is 0 Å². The Bertz CT molecular complexity index is 1780. The number of methoxy groups -OCH3 is 2. The molecule has 4 aromatic rings. The molecule has 2 heterocycles. The minimum absolute atomic E-state index is 0.0593. The summed E-state index contributed by atoms with van der Waals surface area (Å²) < 4.78 is 19.2. The molecular formula is C32H28N2O4S. The first kappa shape index (κ1) is 24.9. The number of hydrogen-bond donors (Lipinski definition) is 0. The number of ether oxygens (including phenoxy) is 3. The first-order chi connectivity index (χ1) is 19.1. The molecule has 39 heavy (non-hydrogen) atoms. The number of hydrogen-bond acceptors (Lipinski definition) is 6. The van der Waals surface area contributed by atoms with E-state index < -0.39 is 0 Å². The van der Waals surface area contributed by atoms with Crippen LogP contribution in [0.3, 0.4) is 0 Å². The molecule has 1 aromatic heterocycles. The largest absolute Gasteiger partial charge is 0.493 e. The number of allylic oxidation sites excluding steroid dienone is 1. The Labute approximate surface area is 230 Å². The molecule has 2 aliphatic rings. The van der Waals surface area contributed by atoms with E-state index in [1.165, 1.54) is 16.9 Å². The summed E-state index contributed by atoms with van der Waals surface area (Å²) in [6.45, 7) is 4.13. The molecule has 6 rings (SSSR count).